The second-order valence-electron chi connectivity index (χ2n) is 3.41. The van der Waals surface area contributed by atoms with E-state index >= 15 is 0 Å². The maximum Gasteiger partial charge on any atom is 0.500 e. The lowest BCUT2D eigenvalue weighted by molar-refractivity contribution is 0.103. The van der Waals surface area contributed by atoms with Crippen molar-refractivity contribution in [1.29, 1.82) is 0 Å². The molecule has 0 aromatic carbocycles. The minimum Gasteiger partial charge on any atom is -0.377 e. The van der Waals surface area contributed by atoms with Crippen molar-refractivity contribution in [2.45, 2.75) is 38.7 Å². The SMILES string of the molecule is C=CCCCCC[Si](OC)(OC)OCC. The third kappa shape index (κ3) is 6.09. The lowest BCUT2D eigenvalue weighted by atomic mass is 10.2. The van der Waals surface area contributed by atoms with Gasteiger partial charge in [-0.1, -0.05) is 12.5 Å². The molecule has 0 aliphatic rings. The monoisotopic (exact) mass is 232 g/mol. The highest BCUT2D eigenvalue weighted by Gasteiger charge is 2.37. The van der Waals surface area contributed by atoms with E-state index < -0.39 is 8.80 Å². The molecular weight excluding hydrogens is 208 g/mol. The average Bonchev–Trinajstić information content (AvgIpc) is 2.27. The van der Waals surface area contributed by atoms with E-state index in [4.69, 9.17) is 13.3 Å². The summed E-state index contributed by atoms with van der Waals surface area (Å²) >= 11 is 0. The summed E-state index contributed by atoms with van der Waals surface area (Å²) in [7, 11) is 1.02. The molecule has 0 rings (SSSR count). The van der Waals surface area contributed by atoms with Gasteiger partial charge in [0.2, 0.25) is 0 Å². The molecule has 0 atom stereocenters. The van der Waals surface area contributed by atoms with Gasteiger partial charge in [0.15, 0.2) is 0 Å². The van der Waals surface area contributed by atoms with Gasteiger partial charge in [-0.15, -0.1) is 6.58 Å². The zero-order valence-corrected chi connectivity index (χ0v) is 11.3. The van der Waals surface area contributed by atoms with E-state index in [0.717, 1.165) is 18.9 Å². The number of hydrogen-bond acceptors (Lipinski definition) is 3. The second-order valence-corrected chi connectivity index (χ2v) is 6.38. The van der Waals surface area contributed by atoms with Gasteiger partial charge in [-0.2, -0.15) is 0 Å². The van der Waals surface area contributed by atoms with Crippen molar-refractivity contribution in [1.82, 2.24) is 0 Å². The molecular formula is C11H24O3Si. The molecule has 0 saturated carbocycles. The Hall–Kier alpha value is -0.163. The highest BCUT2D eigenvalue weighted by molar-refractivity contribution is 6.60. The molecule has 3 nitrogen and oxygen atoms in total. The maximum absolute atomic E-state index is 5.61. The fourth-order valence-corrected chi connectivity index (χ4v) is 3.58. The summed E-state index contributed by atoms with van der Waals surface area (Å²) in [5, 5.41) is 0. The maximum atomic E-state index is 5.61. The Morgan fingerprint density at radius 2 is 1.80 bits per heavy atom. The van der Waals surface area contributed by atoms with Gasteiger partial charge in [0.05, 0.1) is 0 Å². The first kappa shape index (κ1) is 14.8. The fourth-order valence-electron chi connectivity index (χ4n) is 1.50. The molecule has 4 heteroatoms. The van der Waals surface area contributed by atoms with Crippen molar-refractivity contribution < 1.29 is 13.3 Å². The van der Waals surface area contributed by atoms with Crippen LogP contribution in [0.25, 0.3) is 0 Å². The second kappa shape index (κ2) is 9.09. The van der Waals surface area contributed by atoms with Crippen molar-refractivity contribution in [2.75, 3.05) is 20.8 Å². The van der Waals surface area contributed by atoms with Crippen LogP contribution >= 0.6 is 0 Å². The molecule has 90 valence electrons. The largest absolute Gasteiger partial charge is 0.500 e. The molecule has 0 aliphatic carbocycles. The minimum absolute atomic E-state index is 0.653. The van der Waals surface area contributed by atoms with Crippen LogP contribution in [0, 0.1) is 0 Å². The first-order chi connectivity index (χ1) is 7.24. The van der Waals surface area contributed by atoms with Gasteiger partial charge in [-0.05, 0) is 26.2 Å². The van der Waals surface area contributed by atoms with Gasteiger partial charge in [-0.25, -0.2) is 0 Å². The molecule has 0 spiro atoms. The van der Waals surface area contributed by atoms with E-state index in [1.165, 1.54) is 12.8 Å². The van der Waals surface area contributed by atoms with Crippen LogP contribution in [-0.2, 0) is 13.3 Å². The predicted octanol–water partition coefficient (Wildman–Crippen LogP) is 3.00. The highest BCUT2D eigenvalue weighted by atomic mass is 28.4. The van der Waals surface area contributed by atoms with Gasteiger partial charge >= 0.3 is 8.80 Å². The zero-order chi connectivity index (χ0) is 11.6. The summed E-state index contributed by atoms with van der Waals surface area (Å²) in [5.41, 5.74) is 0. The summed E-state index contributed by atoms with van der Waals surface area (Å²) < 4.78 is 16.4. The van der Waals surface area contributed by atoms with Crippen molar-refractivity contribution in [3.63, 3.8) is 0 Å². The first-order valence-corrected chi connectivity index (χ1v) is 7.53. The molecule has 0 fully saturated rings. The zero-order valence-electron chi connectivity index (χ0n) is 10.3. The van der Waals surface area contributed by atoms with Gasteiger partial charge in [0.25, 0.3) is 0 Å². The van der Waals surface area contributed by atoms with E-state index in [1.54, 1.807) is 14.2 Å². The Morgan fingerprint density at radius 1 is 1.13 bits per heavy atom. The summed E-state index contributed by atoms with van der Waals surface area (Å²) in [6, 6.07) is 0.908. The van der Waals surface area contributed by atoms with Gasteiger partial charge in [0, 0.05) is 26.9 Å². The minimum atomic E-state index is -2.33. The summed E-state index contributed by atoms with van der Waals surface area (Å²) in [6.45, 7) is 6.33. The van der Waals surface area contributed by atoms with Crippen LogP contribution in [0.4, 0.5) is 0 Å². The van der Waals surface area contributed by atoms with E-state index in [-0.39, 0.29) is 0 Å². The summed E-state index contributed by atoms with van der Waals surface area (Å²) in [4.78, 5) is 0. The van der Waals surface area contributed by atoms with E-state index in [0.29, 0.717) is 6.61 Å². The molecule has 0 bridgehead atoms. The lowest BCUT2D eigenvalue weighted by Gasteiger charge is -2.25. The molecule has 0 N–H and O–H groups in total. The predicted molar refractivity (Wildman–Crippen MR) is 64.9 cm³/mol. The Balaban J connectivity index is 3.79. The Morgan fingerprint density at radius 3 is 2.27 bits per heavy atom. The molecule has 0 unspecified atom stereocenters. The van der Waals surface area contributed by atoms with Crippen molar-refractivity contribution in [2.24, 2.45) is 0 Å². The van der Waals surface area contributed by atoms with Crippen LogP contribution in [-0.4, -0.2) is 29.6 Å². The van der Waals surface area contributed by atoms with E-state index in [2.05, 4.69) is 6.58 Å². The normalized spacial score (nSPS) is 11.7. The van der Waals surface area contributed by atoms with Crippen LogP contribution in [0.15, 0.2) is 12.7 Å². The highest BCUT2D eigenvalue weighted by Crippen LogP contribution is 2.18. The van der Waals surface area contributed by atoms with Crippen molar-refractivity contribution in [3.8, 4) is 0 Å². The third-order valence-corrected chi connectivity index (χ3v) is 5.32. The lowest BCUT2D eigenvalue weighted by Crippen LogP contribution is -2.43. The average molecular weight is 232 g/mol. The van der Waals surface area contributed by atoms with Crippen LogP contribution in [0.3, 0.4) is 0 Å². The van der Waals surface area contributed by atoms with Crippen molar-refractivity contribution in [3.05, 3.63) is 12.7 Å². The van der Waals surface area contributed by atoms with Crippen molar-refractivity contribution >= 4 is 8.80 Å². The third-order valence-electron chi connectivity index (χ3n) is 2.38. The molecule has 0 aliphatic heterocycles. The van der Waals surface area contributed by atoms with Gasteiger partial charge < -0.3 is 13.3 Å². The summed E-state index contributed by atoms with van der Waals surface area (Å²) in [6.07, 6.45) is 6.51. The Kier molecular flexibility index (Phi) is 8.99. The fraction of sp³-hybridized carbons (Fsp3) is 0.818. The Labute approximate surface area is 94.8 Å². The number of unbranched alkanes of at least 4 members (excludes halogenated alkanes) is 3. The molecule has 0 aromatic heterocycles. The van der Waals surface area contributed by atoms with Crippen LogP contribution in [0.5, 0.6) is 0 Å². The van der Waals surface area contributed by atoms with Crippen LogP contribution < -0.4 is 0 Å². The molecule has 0 heterocycles. The first-order valence-electron chi connectivity index (χ1n) is 5.59. The molecule has 15 heavy (non-hydrogen) atoms. The van der Waals surface area contributed by atoms with Crippen LogP contribution in [0.1, 0.15) is 32.6 Å². The summed E-state index contributed by atoms with van der Waals surface area (Å²) in [5.74, 6) is 0. The molecule has 0 saturated heterocycles. The molecule has 0 radical (unpaired) electrons. The molecule has 0 amide bonds. The Bertz CT molecular complexity index is 158. The van der Waals surface area contributed by atoms with Crippen LogP contribution in [0.2, 0.25) is 6.04 Å². The molecule has 0 aromatic rings. The standard InChI is InChI=1S/C11H24O3Si/c1-5-7-8-9-10-11-15(12-3,13-4)14-6-2/h5H,1,6-11H2,2-4H3. The number of allylic oxidation sites excluding steroid dienone is 1. The van der Waals surface area contributed by atoms with E-state index in [9.17, 15) is 0 Å². The van der Waals surface area contributed by atoms with E-state index in [1.807, 2.05) is 13.0 Å². The van der Waals surface area contributed by atoms with Gasteiger partial charge in [0.1, 0.15) is 0 Å². The quantitative estimate of drug-likeness (QED) is 0.329. The number of rotatable bonds is 10. The number of hydrogen-bond donors (Lipinski definition) is 0. The topological polar surface area (TPSA) is 27.7 Å². The smallest absolute Gasteiger partial charge is 0.377 e. The van der Waals surface area contributed by atoms with Gasteiger partial charge in [-0.3, -0.25) is 0 Å².